The highest BCUT2D eigenvalue weighted by Crippen LogP contribution is 2.21. The number of benzene rings is 1. The quantitative estimate of drug-likeness (QED) is 0.794. The first-order valence-electron chi connectivity index (χ1n) is 3.41. The van der Waals surface area contributed by atoms with Crippen LogP contribution in [0, 0.1) is 0 Å². The summed E-state index contributed by atoms with van der Waals surface area (Å²) in [6.07, 6.45) is 1.09. The molecule has 4 nitrogen and oxygen atoms in total. The van der Waals surface area contributed by atoms with E-state index in [1.165, 1.54) is 0 Å². The van der Waals surface area contributed by atoms with E-state index in [0.717, 1.165) is 10.7 Å². The molecule has 0 radical (unpaired) electrons. The molecule has 6 heteroatoms. The van der Waals surface area contributed by atoms with Gasteiger partial charge in [0.05, 0.1) is 11.9 Å². The van der Waals surface area contributed by atoms with E-state index in [0.29, 0.717) is 11.4 Å². The van der Waals surface area contributed by atoms with Crippen LogP contribution in [0.2, 0.25) is 0 Å². The lowest BCUT2D eigenvalue weighted by atomic mass is 10.3. The van der Waals surface area contributed by atoms with Gasteiger partial charge in [0.15, 0.2) is 0 Å². The van der Waals surface area contributed by atoms with Gasteiger partial charge in [-0.15, -0.1) is 0 Å². The van der Waals surface area contributed by atoms with Crippen molar-refractivity contribution >= 4 is 37.3 Å². The maximum absolute atomic E-state index is 10.9. The third-order valence-corrected chi connectivity index (χ3v) is 2.29. The average Bonchev–Trinajstić information content (AvgIpc) is 1.78. The Morgan fingerprint density at radius 3 is 2.46 bits per heavy atom. The minimum atomic E-state index is -3.24. The summed E-state index contributed by atoms with van der Waals surface area (Å²) in [5.74, 6) is 0. The lowest BCUT2D eigenvalue weighted by Crippen LogP contribution is -2.09. The fourth-order valence-electron chi connectivity index (χ4n) is 0.885. The predicted octanol–water partition coefficient (Wildman–Crippen LogP) is 1.40. The Kier molecular flexibility index (Phi) is 2.82. The van der Waals surface area contributed by atoms with Crippen molar-refractivity contribution in [3.8, 4) is 0 Å². The average molecular weight is 265 g/mol. The number of hydrogen-bond acceptors (Lipinski definition) is 3. The summed E-state index contributed by atoms with van der Waals surface area (Å²) in [4.78, 5) is 0. The van der Waals surface area contributed by atoms with Crippen LogP contribution in [0.5, 0.6) is 0 Å². The first-order chi connectivity index (χ1) is 5.87. The van der Waals surface area contributed by atoms with Crippen LogP contribution < -0.4 is 10.5 Å². The molecule has 0 saturated carbocycles. The molecule has 0 heterocycles. The van der Waals surface area contributed by atoms with E-state index in [1.807, 2.05) is 0 Å². The van der Waals surface area contributed by atoms with Crippen LogP contribution in [0.25, 0.3) is 0 Å². The molecule has 0 atom stereocenters. The SMILES string of the molecule is CS(=O)(=O)Nc1cc(N)cc(Br)c1. The number of hydrogen-bond donors (Lipinski definition) is 2. The highest BCUT2D eigenvalue weighted by Gasteiger charge is 2.02. The Labute approximate surface area is 85.3 Å². The van der Waals surface area contributed by atoms with Crippen molar-refractivity contribution in [2.75, 3.05) is 16.7 Å². The normalized spacial score (nSPS) is 11.2. The van der Waals surface area contributed by atoms with Crippen molar-refractivity contribution in [2.45, 2.75) is 0 Å². The van der Waals surface area contributed by atoms with Crippen molar-refractivity contribution in [2.24, 2.45) is 0 Å². The zero-order valence-electron chi connectivity index (χ0n) is 6.91. The Balaban J connectivity index is 3.03. The number of rotatable bonds is 2. The number of nitrogens with two attached hydrogens (primary N) is 1. The van der Waals surface area contributed by atoms with E-state index < -0.39 is 10.0 Å². The zero-order valence-corrected chi connectivity index (χ0v) is 9.31. The molecule has 0 spiro atoms. The zero-order chi connectivity index (χ0) is 10.1. The molecule has 0 aliphatic rings. The van der Waals surface area contributed by atoms with Gasteiger partial charge in [0.2, 0.25) is 10.0 Å². The smallest absolute Gasteiger partial charge is 0.229 e. The van der Waals surface area contributed by atoms with Gasteiger partial charge in [-0.3, -0.25) is 4.72 Å². The van der Waals surface area contributed by atoms with Crippen LogP contribution >= 0.6 is 15.9 Å². The minimum absolute atomic E-state index is 0.453. The maximum atomic E-state index is 10.9. The van der Waals surface area contributed by atoms with E-state index in [4.69, 9.17) is 5.73 Å². The second-order valence-corrected chi connectivity index (χ2v) is 5.31. The van der Waals surface area contributed by atoms with Gasteiger partial charge in [-0.2, -0.15) is 0 Å². The lowest BCUT2D eigenvalue weighted by Gasteiger charge is -2.04. The highest BCUT2D eigenvalue weighted by atomic mass is 79.9. The Morgan fingerprint density at radius 1 is 1.38 bits per heavy atom. The third kappa shape index (κ3) is 3.65. The van der Waals surface area contributed by atoms with E-state index in [2.05, 4.69) is 20.7 Å². The van der Waals surface area contributed by atoms with Gasteiger partial charge in [0.25, 0.3) is 0 Å². The molecule has 0 fully saturated rings. The lowest BCUT2D eigenvalue weighted by molar-refractivity contribution is 0.607. The maximum Gasteiger partial charge on any atom is 0.229 e. The van der Waals surface area contributed by atoms with E-state index in [9.17, 15) is 8.42 Å². The van der Waals surface area contributed by atoms with Crippen molar-refractivity contribution in [3.63, 3.8) is 0 Å². The van der Waals surface area contributed by atoms with Crippen LogP contribution in [-0.2, 0) is 10.0 Å². The second-order valence-electron chi connectivity index (χ2n) is 2.65. The molecule has 0 unspecified atom stereocenters. The first kappa shape index (κ1) is 10.3. The number of halogens is 1. The molecule has 0 aliphatic heterocycles. The van der Waals surface area contributed by atoms with Crippen molar-refractivity contribution in [1.82, 2.24) is 0 Å². The largest absolute Gasteiger partial charge is 0.399 e. The van der Waals surface area contributed by atoms with E-state index >= 15 is 0 Å². The van der Waals surface area contributed by atoms with Gasteiger partial charge in [0, 0.05) is 10.2 Å². The van der Waals surface area contributed by atoms with Gasteiger partial charge in [-0.25, -0.2) is 8.42 Å². The van der Waals surface area contributed by atoms with Crippen LogP contribution in [0.1, 0.15) is 0 Å². The van der Waals surface area contributed by atoms with Gasteiger partial charge in [0.1, 0.15) is 0 Å². The summed E-state index contributed by atoms with van der Waals surface area (Å²) in [5.41, 5.74) is 6.47. The molecule has 3 N–H and O–H groups in total. The summed E-state index contributed by atoms with van der Waals surface area (Å²) in [6.45, 7) is 0. The Bertz CT molecular complexity index is 396. The van der Waals surface area contributed by atoms with Crippen LogP contribution in [-0.4, -0.2) is 14.7 Å². The summed E-state index contributed by atoms with van der Waals surface area (Å²) in [6, 6.07) is 4.87. The molecule has 0 aromatic heterocycles. The molecule has 72 valence electrons. The monoisotopic (exact) mass is 264 g/mol. The molecule has 1 aromatic rings. The number of nitrogen functional groups attached to an aromatic ring is 1. The van der Waals surface area contributed by atoms with E-state index in [1.54, 1.807) is 18.2 Å². The van der Waals surface area contributed by atoms with Gasteiger partial charge in [-0.05, 0) is 18.2 Å². The molecule has 1 aromatic carbocycles. The second kappa shape index (κ2) is 3.55. The molecule has 1 rings (SSSR count). The van der Waals surface area contributed by atoms with Gasteiger partial charge in [-0.1, -0.05) is 15.9 Å². The molecule has 0 bridgehead atoms. The standard InChI is InChI=1S/C7H9BrN2O2S/c1-13(11,12)10-7-3-5(8)2-6(9)4-7/h2-4,10H,9H2,1H3. The molecule has 13 heavy (non-hydrogen) atoms. The topological polar surface area (TPSA) is 72.2 Å². The van der Waals surface area contributed by atoms with Crippen LogP contribution in [0.4, 0.5) is 11.4 Å². The molecule has 0 amide bonds. The number of sulfonamides is 1. The molecular formula is C7H9BrN2O2S. The summed E-state index contributed by atoms with van der Waals surface area (Å²) >= 11 is 3.21. The fraction of sp³-hybridized carbons (Fsp3) is 0.143. The van der Waals surface area contributed by atoms with Crippen molar-refractivity contribution < 1.29 is 8.42 Å². The minimum Gasteiger partial charge on any atom is -0.399 e. The fourth-order valence-corrected chi connectivity index (χ4v) is 1.94. The van der Waals surface area contributed by atoms with Crippen molar-refractivity contribution in [1.29, 1.82) is 0 Å². The molecular weight excluding hydrogens is 256 g/mol. The molecule has 0 aliphatic carbocycles. The number of nitrogens with one attached hydrogen (secondary N) is 1. The van der Waals surface area contributed by atoms with Crippen molar-refractivity contribution in [3.05, 3.63) is 22.7 Å². The molecule has 0 saturated heterocycles. The third-order valence-electron chi connectivity index (χ3n) is 1.22. The van der Waals surface area contributed by atoms with Crippen LogP contribution in [0.3, 0.4) is 0 Å². The van der Waals surface area contributed by atoms with Gasteiger partial charge >= 0.3 is 0 Å². The van der Waals surface area contributed by atoms with Gasteiger partial charge < -0.3 is 5.73 Å². The predicted molar refractivity (Wildman–Crippen MR) is 57.0 cm³/mol. The number of anilines is 2. The first-order valence-corrected chi connectivity index (χ1v) is 6.09. The van der Waals surface area contributed by atoms with E-state index in [-0.39, 0.29) is 0 Å². The Hall–Kier alpha value is -0.750. The van der Waals surface area contributed by atoms with Crippen LogP contribution in [0.15, 0.2) is 22.7 Å². The highest BCUT2D eigenvalue weighted by molar-refractivity contribution is 9.10. The Morgan fingerprint density at radius 2 is 2.00 bits per heavy atom. The summed E-state index contributed by atoms with van der Waals surface area (Å²) in [5, 5.41) is 0. The summed E-state index contributed by atoms with van der Waals surface area (Å²) < 4.78 is 24.8. The summed E-state index contributed by atoms with van der Waals surface area (Å²) in [7, 11) is -3.24.